The predicted octanol–water partition coefficient (Wildman–Crippen LogP) is 14.5. The lowest BCUT2D eigenvalue weighted by Gasteiger charge is -2.70. The molecule has 9 heteroatoms. The lowest BCUT2D eigenvalue weighted by Crippen LogP contribution is -2.62. The van der Waals surface area contributed by atoms with Crippen molar-refractivity contribution in [2.45, 2.75) is 180 Å². The molecule has 382 valence electrons. The summed E-state index contributed by atoms with van der Waals surface area (Å²) in [4.78, 5) is 50.5. The number of aliphatic carboxylic acids is 1. The van der Waals surface area contributed by atoms with Gasteiger partial charge in [0.2, 0.25) is 11.6 Å². The first kappa shape index (κ1) is 50.7. The number of ether oxygens (including phenoxy) is 1. The number of carbonyl (C=O) groups is 4. The zero-order valence-electron chi connectivity index (χ0n) is 45.7. The summed E-state index contributed by atoms with van der Waals surface area (Å²) < 4.78 is 21.1. The molecule has 0 amide bonds. The normalized spacial score (nSPS) is 44.7. The number of rotatable bonds is 3. The van der Waals surface area contributed by atoms with Gasteiger partial charge in [-0.2, -0.15) is 0 Å². The summed E-state index contributed by atoms with van der Waals surface area (Å²) in [7, 11) is -1.00. The summed E-state index contributed by atoms with van der Waals surface area (Å²) in [5.41, 5.74) is 7.15. The van der Waals surface area contributed by atoms with Crippen LogP contribution in [0.15, 0.2) is 92.6 Å². The van der Waals surface area contributed by atoms with E-state index in [-0.39, 0.29) is 72.4 Å². The Morgan fingerprint density at radius 2 is 0.986 bits per heavy atom. The molecule has 0 aliphatic heterocycles. The molecule has 12 atom stereocenters. The molecule has 0 aromatic heterocycles. The van der Waals surface area contributed by atoms with Gasteiger partial charge in [-0.1, -0.05) is 90.8 Å². The van der Waals surface area contributed by atoms with Gasteiger partial charge < -0.3 is 20.1 Å². The maximum atomic E-state index is 13.1. The Balaban J connectivity index is 0.000000181. The van der Waals surface area contributed by atoms with Crippen LogP contribution in [0.25, 0.3) is 0 Å². The average Bonchev–Trinajstić information content (AvgIpc) is 3.31. The van der Waals surface area contributed by atoms with Gasteiger partial charge in [0.15, 0.2) is 11.5 Å². The molecule has 0 heterocycles. The predicted molar refractivity (Wildman–Crippen MR) is 273 cm³/mol. The second-order valence-corrected chi connectivity index (χ2v) is 26.2. The van der Waals surface area contributed by atoms with Crippen LogP contribution in [0, 0.1) is 66.0 Å². The molecular formula is C61H83FO8. The van der Waals surface area contributed by atoms with Crippen molar-refractivity contribution in [2.75, 3.05) is 13.8 Å². The van der Waals surface area contributed by atoms with Crippen LogP contribution in [0.2, 0.25) is 0 Å². The summed E-state index contributed by atoms with van der Waals surface area (Å²) in [6, 6.07) is 0. The van der Waals surface area contributed by atoms with Crippen molar-refractivity contribution in [1.82, 2.24) is 0 Å². The van der Waals surface area contributed by atoms with Crippen LogP contribution in [-0.2, 0) is 23.9 Å². The van der Waals surface area contributed by atoms with Gasteiger partial charge in [0.1, 0.15) is 0 Å². The first-order valence-corrected chi connectivity index (χ1v) is 26.4. The SMILES string of the molecule is CC1=C(O)C(=O)C=C2C1=CC=C1[C@@]2(C)CC[C@@]2(C)[C@@H]3C[C@](C)(C(=O)O)CC[C@]3(C)CC[C@]12C.CCOC(=O)[C@]1(C)CC[C@]2(C)CC[C@]3(C)C4=CC=C5C(=CC(=O)C(O)=C5C)[C@]4(C)CC[C@@]3(C)[C@@H]2C1.[2H]CF. The highest BCUT2D eigenvalue weighted by Gasteiger charge is 2.69. The smallest absolute Gasteiger partial charge is 0.311 e. The van der Waals surface area contributed by atoms with E-state index < -0.39 is 24.0 Å². The topological polar surface area (TPSA) is 138 Å². The number of carboxylic acid groups (broad SMARTS) is 1. The number of fused-ring (bicyclic) bond motifs is 14. The van der Waals surface area contributed by atoms with E-state index in [0.717, 1.165) is 112 Å². The molecule has 6 fully saturated rings. The molecular weight excluding hydrogens is 880 g/mol. The van der Waals surface area contributed by atoms with Crippen LogP contribution < -0.4 is 0 Å². The largest absolute Gasteiger partial charge is 0.504 e. The number of carbonyl (C=O) groups excluding carboxylic acids is 3. The van der Waals surface area contributed by atoms with Gasteiger partial charge in [-0.3, -0.25) is 23.6 Å². The van der Waals surface area contributed by atoms with Gasteiger partial charge in [-0.05, 0) is 203 Å². The minimum absolute atomic E-state index is 0.0000746. The Morgan fingerprint density at radius 3 is 1.37 bits per heavy atom. The van der Waals surface area contributed by atoms with E-state index >= 15 is 0 Å². The first-order chi connectivity index (χ1) is 32.9. The van der Waals surface area contributed by atoms with Crippen LogP contribution in [0.4, 0.5) is 4.39 Å². The Bertz CT molecular complexity index is 2630. The zero-order chi connectivity index (χ0) is 52.5. The van der Waals surface area contributed by atoms with Gasteiger partial charge in [-0.15, -0.1) is 0 Å². The summed E-state index contributed by atoms with van der Waals surface area (Å²) in [5, 5.41) is 30.7. The minimum atomic E-state index is -1.00. The number of aliphatic hydroxyl groups is 2. The highest BCUT2D eigenvalue weighted by atomic mass is 19.1. The molecule has 10 rings (SSSR count). The number of allylic oxidation sites excluding steroid dienone is 14. The maximum Gasteiger partial charge on any atom is 0.311 e. The summed E-state index contributed by atoms with van der Waals surface area (Å²) in [6.07, 6.45) is 26.0. The Labute approximate surface area is 419 Å². The van der Waals surface area contributed by atoms with Crippen LogP contribution in [0.1, 0.15) is 181 Å². The van der Waals surface area contributed by atoms with Gasteiger partial charge in [0, 0.05) is 22.0 Å². The van der Waals surface area contributed by atoms with Gasteiger partial charge in [0.25, 0.3) is 0 Å². The number of ketones is 2. The highest BCUT2D eigenvalue weighted by Crippen LogP contribution is 2.77. The van der Waals surface area contributed by atoms with Gasteiger partial charge in [-0.25, -0.2) is 0 Å². The van der Waals surface area contributed by atoms with Crippen molar-refractivity contribution >= 4 is 23.5 Å². The fraction of sp³-hybridized carbons (Fsp3) is 0.672. The van der Waals surface area contributed by atoms with Crippen molar-refractivity contribution in [3.8, 4) is 0 Å². The van der Waals surface area contributed by atoms with Gasteiger partial charge in [0.05, 0.1) is 26.0 Å². The van der Waals surface area contributed by atoms with Crippen molar-refractivity contribution in [3.63, 3.8) is 0 Å². The quantitative estimate of drug-likeness (QED) is 0.238. The van der Waals surface area contributed by atoms with E-state index in [9.17, 15) is 38.9 Å². The number of hydrogen-bond acceptors (Lipinski definition) is 7. The number of alkyl halides is 1. The summed E-state index contributed by atoms with van der Waals surface area (Å²) in [5.74, 6) is -0.732. The van der Waals surface area contributed by atoms with Crippen LogP contribution >= 0.6 is 0 Å². The molecule has 8 nitrogen and oxygen atoms in total. The number of hydrogen-bond donors (Lipinski definition) is 3. The summed E-state index contributed by atoms with van der Waals surface area (Å²) in [6.45, 7) is 29.3. The molecule has 10 aliphatic carbocycles. The highest BCUT2D eigenvalue weighted by molar-refractivity contribution is 6.07. The second kappa shape index (κ2) is 16.6. The fourth-order valence-corrected chi connectivity index (χ4v) is 17.6. The lowest BCUT2D eigenvalue weighted by molar-refractivity contribution is -0.182. The monoisotopic (exact) mass is 964 g/mol. The molecule has 3 N–H and O–H groups in total. The van der Waals surface area contributed by atoms with Gasteiger partial charge >= 0.3 is 11.9 Å². The maximum absolute atomic E-state index is 13.1. The molecule has 0 aromatic carbocycles. The first-order valence-electron chi connectivity index (χ1n) is 27.1. The third-order valence-corrected chi connectivity index (χ3v) is 23.0. The average molecular weight is 964 g/mol. The van der Waals surface area contributed by atoms with E-state index in [4.69, 9.17) is 6.11 Å². The van der Waals surface area contributed by atoms with E-state index in [1.165, 1.54) is 11.1 Å². The number of halogens is 1. The third-order valence-electron chi connectivity index (χ3n) is 23.0. The Kier molecular flexibility index (Phi) is 12.0. The molecule has 0 aromatic rings. The van der Waals surface area contributed by atoms with Crippen molar-refractivity contribution in [2.24, 2.45) is 66.0 Å². The molecule has 0 radical (unpaired) electrons. The molecule has 6 saturated carbocycles. The molecule has 10 aliphatic rings. The number of esters is 1. The van der Waals surface area contributed by atoms with Crippen molar-refractivity contribution < 1.29 is 45.0 Å². The van der Waals surface area contributed by atoms with E-state index in [1.807, 2.05) is 27.7 Å². The van der Waals surface area contributed by atoms with Crippen molar-refractivity contribution in [3.05, 3.63) is 92.6 Å². The lowest BCUT2D eigenvalue weighted by atomic mass is 9.34. The fourth-order valence-electron chi connectivity index (χ4n) is 17.6. The van der Waals surface area contributed by atoms with Crippen LogP contribution in [0.3, 0.4) is 0 Å². The second-order valence-electron chi connectivity index (χ2n) is 26.2. The van der Waals surface area contributed by atoms with E-state index in [0.29, 0.717) is 29.6 Å². The Morgan fingerprint density at radius 1 is 0.614 bits per heavy atom. The zero-order valence-corrected chi connectivity index (χ0v) is 44.7. The molecule has 0 bridgehead atoms. The minimum Gasteiger partial charge on any atom is -0.504 e. The molecule has 70 heavy (non-hydrogen) atoms. The van der Waals surface area contributed by atoms with E-state index in [1.54, 1.807) is 12.2 Å². The van der Waals surface area contributed by atoms with Crippen LogP contribution in [0.5, 0.6) is 0 Å². The standard InChI is InChI=1S/C31H42O4.C29H38O4.CH3F/c1-8-35-26(34)28(4)12-11-27(3)13-15-30(6)23-10-9-20-19(2)25(33)22(32)17-21(20)29(23,5)14-16-31(30,7)24(27)18-28;1-17-18-7-8-21-27(4,19(18)15-20(30)23(17)31)12-14-29(6)22-16-26(3,24(32)33)10-9-25(22,2)11-13-28(21,29)5;1-2/h9-10,17,24,33H,8,11-16,18H2,1-7H3;7-8,15,22,31H,9-14,16H2,1-6H3,(H,32,33);1H3/t24-,27-,28-,29+,30-,31+;22-,25-,26-,27+,28-,29+;/m11./s1/i;;1D. The Hall–Kier alpha value is -4.27. The summed E-state index contributed by atoms with van der Waals surface area (Å²) >= 11 is 0. The molecule has 0 unspecified atom stereocenters. The molecule has 0 saturated heterocycles. The number of carboxylic acids is 1. The third kappa shape index (κ3) is 6.89. The van der Waals surface area contributed by atoms with Crippen LogP contribution in [-0.4, -0.2) is 52.6 Å². The molecule has 0 spiro atoms. The van der Waals surface area contributed by atoms with Crippen molar-refractivity contribution in [1.29, 1.82) is 0 Å². The number of aliphatic hydroxyl groups excluding tert-OH is 2. The van der Waals surface area contributed by atoms with E-state index in [2.05, 4.69) is 86.6 Å².